The third-order valence-corrected chi connectivity index (χ3v) is 5.95. The van der Waals surface area contributed by atoms with Crippen molar-refractivity contribution in [2.24, 2.45) is 4.99 Å². The van der Waals surface area contributed by atoms with Gasteiger partial charge in [-0.25, -0.2) is 4.39 Å². The van der Waals surface area contributed by atoms with E-state index in [0.717, 1.165) is 43.9 Å². The lowest BCUT2D eigenvalue weighted by Gasteiger charge is -2.36. The molecule has 0 saturated carbocycles. The summed E-state index contributed by atoms with van der Waals surface area (Å²) < 4.78 is 19.4. The van der Waals surface area contributed by atoms with E-state index in [2.05, 4.69) is 35.1 Å². The van der Waals surface area contributed by atoms with Gasteiger partial charge in [-0.3, -0.25) is 4.99 Å². The van der Waals surface area contributed by atoms with E-state index in [1.165, 1.54) is 10.9 Å². The minimum absolute atomic E-state index is 0.170. The number of hydrogen-bond acceptors (Lipinski definition) is 3. The van der Waals surface area contributed by atoms with E-state index in [1.54, 1.807) is 23.5 Å². The van der Waals surface area contributed by atoms with Crippen LogP contribution in [0.25, 0.3) is 0 Å². The summed E-state index contributed by atoms with van der Waals surface area (Å²) >= 11 is 1.77. The zero-order chi connectivity index (χ0) is 19.0. The van der Waals surface area contributed by atoms with E-state index in [4.69, 9.17) is 9.73 Å². The van der Waals surface area contributed by atoms with Gasteiger partial charge in [0.15, 0.2) is 5.96 Å². The Morgan fingerprint density at radius 3 is 2.78 bits per heavy atom. The van der Waals surface area contributed by atoms with E-state index in [-0.39, 0.29) is 11.2 Å². The molecule has 2 heterocycles. The quantitative estimate of drug-likeness (QED) is 0.560. The lowest BCUT2D eigenvalue weighted by molar-refractivity contribution is 0.0530. The average Bonchev–Trinajstić information content (AvgIpc) is 3.20. The molecule has 2 aromatic rings. The third kappa shape index (κ3) is 5.53. The van der Waals surface area contributed by atoms with Gasteiger partial charge in [-0.2, -0.15) is 0 Å². The van der Waals surface area contributed by atoms with Crippen LogP contribution in [-0.2, 0) is 16.6 Å². The van der Waals surface area contributed by atoms with Gasteiger partial charge in [0.2, 0.25) is 0 Å². The first-order chi connectivity index (χ1) is 13.2. The molecule has 0 spiro atoms. The van der Waals surface area contributed by atoms with Crippen LogP contribution in [-0.4, -0.2) is 38.8 Å². The van der Waals surface area contributed by atoms with Crippen molar-refractivity contribution in [3.63, 3.8) is 0 Å². The van der Waals surface area contributed by atoms with E-state index in [9.17, 15) is 4.39 Å². The summed E-state index contributed by atoms with van der Waals surface area (Å²) in [7, 11) is 0. The molecule has 146 valence electrons. The molecule has 1 aliphatic rings. The smallest absolute Gasteiger partial charge is 0.191 e. The van der Waals surface area contributed by atoms with Crippen molar-refractivity contribution in [1.29, 1.82) is 0 Å². The van der Waals surface area contributed by atoms with Crippen LogP contribution in [0.4, 0.5) is 4.39 Å². The fraction of sp³-hybridized carbons (Fsp3) is 0.476. The summed E-state index contributed by atoms with van der Waals surface area (Å²) in [4.78, 5) is 6.21. The summed E-state index contributed by atoms with van der Waals surface area (Å²) in [6, 6.07) is 11.2. The highest BCUT2D eigenvalue weighted by molar-refractivity contribution is 7.09. The Labute approximate surface area is 164 Å². The van der Waals surface area contributed by atoms with Crippen LogP contribution in [0.5, 0.6) is 0 Å². The molecule has 27 heavy (non-hydrogen) atoms. The van der Waals surface area contributed by atoms with Crippen molar-refractivity contribution < 1.29 is 9.13 Å². The summed E-state index contributed by atoms with van der Waals surface area (Å²) in [5.41, 5.74) is 0.847. The fourth-order valence-electron chi connectivity index (χ4n) is 3.45. The predicted octanol–water partition coefficient (Wildman–Crippen LogP) is 3.73. The van der Waals surface area contributed by atoms with Crippen LogP contribution in [0.15, 0.2) is 46.8 Å². The second-order valence-electron chi connectivity index (χ2n) is 6.85. The van der Waals surface area contributed by atoms with Crippen molar-refractivity contribution in [1.82, 2.24) is 10.6 Å². The molecule has 0 atom stereocenters. The number of nitrogens with zero attached hydrogens (tertiary/aromatic N) is 1. The molecule has 1 fully saturated rings. The Hall–Kier alpha value is -1.92. The molecule has 0 aliphatic carbocycles. The van der Waals surface area contributed by atoms with Gasteiger partial charge in [-0.15, -0.1) is 11.3 Å². The zero-order valence-electron chi connectivity index (χ0n) is 15.8. The number of hydrogen-bond donors (Lipinski definition) is 2. The standard InChI is InChI=1S/C21H28FN3OS/c1-2-23-20(24-11-8-19-7-4-14-27-19)25-16-21(9-12-26-13-10-21)17-5-3-6-18(22)15-17/h3-7,14-15H,2,8-13,16H2,1H3,(H2,23,24,25). The number of benzene rings is 1. The molecule has 3 rings (SSSR count). The molecule has 6 heteroatoms. The average molecular weight is 390 g/mol. The first kappa shape index (κ1) is 19.8. The fourth-order valence-corrected chi connectivity index (χ4v) is 4.16. The van der Waals surface area contributed by atoms with Gasteiger partial charge < -0.3 is 15.4 Å². The highest BCUT2D eigenvalue weighted by Gasteiger charge is 2.34. The molecule has 1 aromatic carbocycles. The van der Waals surface area contributed by atoms with Crippen molar-refractivity contribution in [3.05, 3.63) is 58.0 Å². The van der Waals surface area contributed by atoms with Crippen LogP contribution in [0.2, 0.25) is 0 Å². The Balaban J connectivity index is 1.70. The van der Waals surface area contributed by atoms with Crippen LogP contribution in [0.1, 0.15) is 30.2 Å². The highest BCUT2D eigenvalue weighted by Crippen LogP contribution is 2.35. The normalized spacial score (nSPS) is 16.9. The molecular weight excluding hydrogens is 361 g/mol. The first-order valence-corrected chi connectivity index (χ1v) is 10.5. The van der Waals surface area contributed by atoms with Crippen molar-refractivity contribution >= 4 is 17.3 Å². The topological polar surface area (TPSA) is 45.7 Å². The van der Waals surface area contributed by atoms with Crippen molar-refractivity contribution in [3.8, 4) is 0 Å². The van der Waals surface area contributed by atoms with E-state index in [0.29, 0.717) is 19.8 Å². The number of aliphatic imine (C=N–C) groups is 1. The van der Waals surface area contributed by atoms with Gasteiger partial charge in [0.05, 0.1) is 6.54 Å². The van der Waals surface area contributed by atoms with Gasteiger partial charge in [0.1, 0.15) is 5.82 Å². The first-order valence-electron chi connectivity index (χ1n) is 9.60. The van der Waals surface area contributed by atoms with Crippen LogP contribution < -0.4 is 10.6 Å². The van der Waals surface area contributed by atoms with E-state index >= 15 is 0 Å². The maximum absolute atomic E-state index is 13.8. The van der Waals surface area contributed by atoms with Gasteiger partial charge >= 0.3 is 0 Å². The van der Waals surface area contributed by atoms with E-state index in [1.807, 2.05) is 6.07 Å². The molecule has 4 nitrogen and oxygen atoms in total. The molecule has 0 amide bonds. The maximum Gasteiger partial charge on any atom is 0.191 e. The number of halogens is 1. The van der Waals surface area contributed by atoms with Gasteiger partial charge in [0.25, 0.3) is 0 Å². The SMILES string of the molecule is CCNC(=NCC1(c2cccc(F)c2)CCOCC1)NCCc1cccs1. The number of rotatable bonds is 7. The molecule has 2 N–H and O–H groups in total. The second kappa shape index (κ2) is 9.85. The minimum Gasteiger partial charge on any atom is -0.381 e. The second-order valence-corrected chi connectivity index (χ2v) is 7.89. The monoisotopic (exact) mass is 389 g/mol. The van der Waals surface area contributed by atoms with Crippen molar-refractivity contribution in [2.45, 2.75) is 31.6 Å². The summed E-state index contributed by atoms with van der Waals surface area (Å²) in [5.74, 6) is 0.625. The van der Waals surface area contributed by atoms with Crippen molar-refractivity contribution in [2.75, 3.05) is 32.8 Å². The number of ether oxygens (including phenoxy) is 1. The Morgan fingerprint density at radius 1 is 1.22 bits per heavy atom. The summed E-state index contributed by atoms with van der Waals surface area (Å²) in [5, 5.41) is 8.84. The highest BCUT2D eigenvalue weighted by atomic mass is 32.1. The lowest BCUT2D eigenvalue weighted by atomic mass is 9.74. The Kier molecular flexibility index (Phi) is 7.24. The molecule has 0 unspecified atom stereocenters. The maximum atomic E-state index is 13.8. The zero-order valence-corrected chi connectivity index (χ0v) is 16.7. The molecule has 1 aromatic heterocycles. The molecule has 1 aliphatic heterocycles. The molecule has 1 saturated heterocycles. The molecular formula is C21H28FN3OS. The minimum atomic E-state index is -0.191. The van der Waals surface area contributed by atoms with Gasteiger partial charge in [0, 0.05) is 36.6 Å². The summed E-state index contributed by atoms with van der Waals surface area (Å²) in [6.45, 7) is 5.70. The Bertz CT molecular complexity index is 727. The van der Waals surface area contributed by atoms with Crippen LogP contribution >= 0.6 is 11.3 Å². The number of guanidine groups is 1. The molecule has 0 radical (unpaired) electrons. The predicted molar refractivity (Wildman–Crippen MR) is 110 cm³/mol. The third-order valence-electron chi connectivity index (χ3n) is 5.01. The largest absolute Gasteiger partial charge is 0.381 e. The summed E-state index contributed by atoms with van der Waals surface area (Å²) in [6.07, 6.45) is 2.69. The molecule has 0 bridgehead atoms. The number of thiophene rings is 1. The van der Waals surface area contributed by atoms with Gasteiger partial charge in [-0.05, 0) is 55.3 Å². The Morgan fingerprint density at radius 2 is 2.07 bits per heavy atom. The van der Waals surface area contributed by atoms with Crippen LogP contribution in [0, 0.1) is 5.82 Å². The lowest BCUT2D eigenvalue weighted by Crippen LogP contribution is -2.41. The number of nitrogens with one attached hydrogen (secondary N) is 2. The van der Waals surface area contributed by atoms with Gasteiger partial charge in [-0.1, -0.05) is 18.2 Å². The van der Waals surface area contributed by atoms with Crippen LogP contribution in [0.3, 0.4) is 0 Å². The van der Waals surface area contributed by atoms with E-state index < -0.39 is 0 Å².